The van der Waals surface area contributed by atoms with Crippen molar-refractivity contribution in [2.75, 3.05) is 29.9 Å². The molecule has 1 aliphatic rings. The molecule has 0 aliphatic carbocycles. The number of aromatic nitrogens is 4. The Balaban J connectivity index is 1.63. The average molecular weight is 371 g/mol. The number of hydrogen-bond acceptors (Lipinski definition) is 5. The van der Waals surface area contributed by atoms with Crippen molar-refractivity contribution in [2.45, 2.75) is 32.7 Å². The Morgan fingerprint density at radius 2 is 2.12 bits per heavy atom. The van der Waals surface area contributed by atoms with Gasteiger partial charge in [-0.2, -0.15) is 0 Å². The molecule has 0 amide bonds. The van der Waals surface area contributed by atoms with Gasteiger partial charge in [-0.05, 0) is 44.9 Å². The number of likely N-dealkylation sites (N-methyl/N-ethyl adjacent to an activating group) is 1. The molecule has 7 heteroatoms. The van der Waals surface area contributed by atoms with Gasteiger partial charge in [-0.1, -0.05) is 11.6 Å². The third-order valence-electron chi connectivity index (χ3n) is 5.68. The molecule has 0 bridgehead atoms. The molecule has 0 saturated carbocycles. The van der Waals surface area contributed by atoms with Crippen molar-refractivity contribution in [3.05, 3.63) is 40.9 Å². The number of hydrogen-bond donors (Lipinski definition) is 1. The lowest BCUT2D eigenvalue weighted by Crippen LogP contribution is -2.47. The summed E-state index contributed by atoms with van der Waals surface area (Å²) < 4.78 is 0. The van der Waals surface area contributed by atoms with Crippen LogP contribution in [0.25, 0.3) is 11.0 Å². The Morgan fingerprint density at radius 1 is 1.31 bits per heavy atom. The zero-order chi connectivity index (χ0) is 18.5. The van der Waals surface area contributed by atoms with Gasteiger partial charge in [0.2, 0.25) is 0 Å². The van der Waals surface area contributed by atoms with Crippen LogP contribution in [-0.4, -0.2) is 45.6 Å². The predicted octanol–water partition coefficient (Wildman–Crippen LogP) is 3.73. The molecule has 1 atom stereocenters. The third kappa shape index (κ3) is 2.69. The first-order valence-corrected chi connectivity index (χ1v) is 9.17. The van der Waals surface area contributed by atoms with E-state index < -0.39 is 0 Å². The molecular formula is C19H23ClN6. The number of halogens is 1. The molecule has 1 N–H and O–H groups in total. The summed E-state index contributed by atoms with van der Waals surface area (Å²) in [7, 11) is 2.10. The molecule has 3 aromatic heterocycles. The summed E-state index contributed by atoms with van der Waals surface area (Å²) in [6, 6.07) is 4.00. The number of nitrogens with zero attached hydrogens (tertiary/aromatic N) is 5. The van der Waals surface area contributed by atoms with Crippen LogP contribution >= 0.6 is 11.6 Å². The maximum atomic E-state index is 6.40. The van der Waals surface area contributed by atoms with E-state index in [0.29, 0.717) is 0 Å². The zero-order valence-electron chi connectivity index (χ0n) is 15.5. The van der Waals surface area contributed by atoms with Gasteiger partial charge in [0.05, 0.1) is 10.9 Å². The van der Waals surface area contributed by atoms with Crippen molar-refractivity contribution >= 4 is 34.3 Å². The molecule has 136 valence electrons. The van der Waals surface area contributed by atoms with E-state index in [9.17, 15) is 0 Å². The zero-order valence-corrected chi connectivity index (χ0v) is 16.3. The van der Waals surface area contributed by atoms with E-state index in [0.717, 1.165) is 58.5 Å². The van der Waals surface area contributed by atoms with Gasteiger partial charge in [0.25, 0.3) is 0 Å². The van der Waals surface area contributed by atoms with E-state index in [1.807, 2.05) is 32.2 Å². The topological polar surface area (TPSA) is 60.9 Å². The highest BCUT2D eigenvalue weighted by Crippen LogP contribution is 2.35. The van der Waals surface area contributed by atoms with Crippen molar-refractivity contribution < 1.29 is 0 Å². The van der Waals surface area contributed by atoms with Gasteiger partial charge in [-0.15, -0.1) is 0 Å². The van der Waals surface area contributed by atoms with Crippen LogP contribution in [0.3, 0.4) is 0 Å². The summed E-state index contributed by atoms with van der Waals surface area (Å²) >= 11 is 6.40. The number of H-pyrrole nitrogens is 1. The molecule has 1 saturated heterocycles. The fourth-order valence-electron chi connectivity index (χ4n) is 3.64. The Morgan fingerprint density at radius 3 is 2.88 bits per heavy atom. The molecule has 1 unspecified atom stereocenters. The molecule has 4 heterocycles. The lowest BCUT2D eigenvalue weighted by molar-refractivity contribution is 0.487. The van der Waals surface area contributed by atoms with Crippen molar-refractivity contribution in [1.82, 2.24) is 19.9 Å². The highest BCUT2D eigenvalue weighted by Gasteiger charge is 2.39. The smallest absolute Gasteiger partial charge is 0.142 e. The quantitative estimate of drug-likeness (QED) is 0.761. The van der Waals surface area contributed by atoms with E-state index in [-0.39, 0.29) is 5.54 Å². The van der Waals surface area contributed by atoms with Gasteiger partial charge in [0.15, 0.2) is 0 Å². The molecule has 26 heavy (non-hydrogen) atoms. The van der Waals surface area contributed by atoms with Crippen molar-refractivity contribution in [2.24, 2.45) is 0 Å². The Bertz CT molecular complexity index is 945. The molecule has 0 aromatic carbocycles. The second kappa shape index (κ2) is 6.13. The minimum atomic E-state index is -0.0500. The number of pyridine rings is 1. The van der Waals surface area contributed by atoms with Crippen LogP contribution in [0.15, 0.2) is 24.7 Å². The van der Waals surface area contributed by atoms with Gasteiger partial charge in [0, 0.05) is 37.1 Å². The molecule has 3 aromatic rings. The Hall–Kier alpha value is -2.34. The van der Waals surface area contributed by atoms with E-state index in [4.69, 9.17) is 16.6 Å². The van der Waals surface area contributed by atoms with Crippen molar-refractivity contribution in [3.63, 3.8) is 0 Å². The summed E-state index contributed by atoms with van der Waals surface area (Å²) in [6.45, 7) is 8.09. The second-order valence-electron chi connectivity index (χ2n) is 7.34. The second-order valence-corrected chi connectivity index (χ2v) is 7.74. The maximum Gasteiger partial charge on any atom is 0.142 e. The summed E-state index contributed by atoms with van der Waals surface area (Å²) in [6.07, 6.45) is 4.55. The summed E-state index contributed by atoms with van der Waals surface area (Å²) in [5.41, 5.74) is 2.84. The fourth-order valence-corrected chi connectivity index (χ4v) is 3.88. The van der Waals surface area contributed by atoms with Crippen LogP contribution < -0.4 is 9.80 Å². The standard InChI is InChI=1S/C19H23ClN6/c1-12-13(2)24-16(9-15(12)20)25(4)19(3)6-8-26(10-19)18-14-5-7-21-17(14)22-11-23-18/h5,7,9,11H,6,8,10H2,1-4H3,(H,21,22,23). The minimum Gasteiger partial charge on any atom is -0.354 e. The third-order valence-corrected chi connectivity index (χ3v) is 6.07. The van der Waals surface area contributed by atoms with Crippen molar-refractivity contribution in [3.8, 4) is 0 Å². The number of rotatable bonds is 3. The predicted molar refractivity (Wildman–Crippen MR) is 106 cm³/mol. The molecule has 6 nitrogen and oxygen atoms in total. The van der Waals surface area contributed by atoms with Gasteiger partial charge < -0.3 is 14.8 Å². The molecular weight excluding hydrogens is 348 g/mol. The first kappa shape index (κ1) is 17.1. The SMILES string of the molecule is Cc1nc(N(C)C2(C)CCN(c3ncnc4[nH]ccc34)C2)cc(Cl)c1C. The summed E-state index contributed by atoms with van der Waals surface area (Å²) in [5.74, 6) is 1.90. The van der Waals surface area contributed by atoms with Gasteiger partial charge >= 0.3 is 0 Å². The van der Waals surface area contributed by atoms with E-state index in [2.05, 4.69) is 38.7 Å². The number of anilines is 2. The number of aromatic amines is 1. The number of aryl methyl sites for hydroxylation is 1. The van der Waals surface area contributed by atoms with Gasteiger partial charge in [-0.25, -0.2) is 15.0 Å². The number of fused-ring (bicyclic) bond motifs is 1. The molecule has 0 radical (unpaired) electrons. The Labute approximate surface area is 158 Å². The molecule has 1 fully saturated rings. The first-order chi connectivity index (χ1) is 12.4. The molecule has 1 aliphatic heterocycles. The maximum absolute atomic E-state index is 6.40. The van der Waals surface area contributed by atoms with E-state index >= 15 is 0 Å². The van der Waals surface area contributed by atoms with Crippen molar-refractivity contribution in [1.29, 1.82) is 0 Å². The van der Waals surface area contributed by atoms with Crippen LogP contribution in [0.5, 0.6) is 0 Å². The van der Waals surface area contributed by atoms with Crippen LogP contribution in [-0.2, 0) is 0 Å². The molecule has 4 rings (SSSR count). The normalized spacial score (nSPS) is 20.1. The molecule has 0 spiro atoms. The lowest BCUT2D eigenvalue weighted by Gasteiger charge is -2.37. The average Bonchev–Trinajstić information content (AvgIpc) is 3.25. The van der Waals surface area contributed by atoms with E-state index in [1.165, 1.54) is 0 Å². The highest BCUT2D eigenvalue weighted by molar-refractivity contribution is 6.31. The summed E-state index contributed by atoms with van der Waals surface area (Å²) in [4.78, 5) is 21.3. The van der Waals surface area contributed by atoms with Crippen LogP contribution in [0.2, 0.25) is 5.02 Å². The van der Waals surface area contributed by atoms with Crippen LogP contribution in [0, 0.1) is 13.8 Å². The summed E-state index contributed by atoms with van der Waals surface area (Å²) in [5, 5.41) is 1.83. The minimum absolute atomic E-state index is 0.0500. The largest absolute Gasteiger partial charge is 0.354 e. The Kier molecular flexibility index (Phi) is 4.03. The number of nitrogens with one attached hydrogen (secondary N) is 1. The highest BCUT2D eigenvalue weighted by atomic mass is 35.5. The van der Waals surface area contributed by atoms with Crippen LogP contribution in [0.1, 0.15) is 24.6 Å². The van der Waals surface area contributed by atoms with Gasteiger partial charge in [-0.3, -0.25) is 0 Å². The monoisotopic (exact) mass is 370 g/mol. The fraction of sp³-hybridized carbons (Fsp3) is 0.421. The first-order valence-electron chi connectivity index (χ1n) is 8.80. The van der Waals surface area contributed by atoms with Gasteiger partial charge in [0.1, 0.15) is 23.6 Å². The van der Waals surface area contributed by atoms with Crippen LogP contribution in [0.4, 0.5) is 11.6 Å². The lowest BCUT2D eigenvalue weighted by atomic mass is 9.99. The van der Waals surface area contributed by atoms with E-state index in [1.54, 1.807) is 6.33 Å².